The lowest BCUT2D eigenvalue weighted by Crippen LogP contribution is -2.43. The molecule has 1 aliphatic heterocycles. The summed E-state index contributed by atoms with van der Waals surface area (Å²) in [5, 5.41) is 3.23. The molecule has 0 saturated heterocycles. The summed E-state index contributed by atoms with van der Waals surface area (Å²) in [7, 11) is 1.65. The van der Waals surface area contributed by atoms with Gasteiger partial charge in [-0.1, -0.05) is 15.9 Å². The fraction of sp³-hybridized carbons (Fsp3) is 0.417. The first-order valence-electron chi connectivity index (χ1n) is 5.47. The molecular weight excluding hydrogens is 284 g/mol. The summed E-state index contributed by atoms with van der Waals surface area (Å²) in [4.78, 5) is 13.9. The molecule has 1 aromatic carbocycles. The van der Waals surface area contributed by atoms with Gasteiger partial charge in [0.2, 0.25) is 0 Å². The fourth-order valence-electron chi connectivity index (χ4n) is 1.80. The van der Waals surface area contributed by atoms with Gasteiger partial charge in [-0.15, -0.1) is 0 Å². The molecule has 2 rings (SSSR count). The van der Waals surface area contributed by atoms with Gasteiger partial charge >= 0.3 is 0 Å². The van der Waals surface area contributed by atoms with Crippen LogP contribution < -0.4 is 5.32 Å². The maximum Gasteiger partial charge on any atom is 0.257 e. The van der Waals surface area contributed by atoms with Gasteiger partial charge in [-0.2, -0.15) is 0 Å². The second kappa shape index (κ2) is 5.06. The molecule has 0 saturated carbocycles. The van der Waals surface area contributed by atoms with Crippen LogP contribution in [0.2, 0.25) is 0 Å². The number of amides is 1. The number of carbonyl (C=O) groups excluding carboxylic acids is 1. The molecule has 1 aliphatic rings. The summed E-state index contributed by atoms with van der Waals surface area (Å²) >= 11 is 3.39. The molecule has 1 atom stereocenters. The Hall–Kier alpha value is -1.07. The molecule has 1 amide bonds. The average molecular weight is 299 g/mol. The second-order valence-corrected chi connectivity index (χ2v) is 5.01. The maximum absolute atomic E-state index is 12.2. The lowest BCUT2D eigenvalue weighted by molar-refractivity contribution is 0.0546. The van der Waals surface area contributed by atoms with Crippen LogP contribution in [0, 0.1) is 0 Å². The van der Waals surface area contributed by atoms with E-state index < -0.39 is 0 Å². The number of nitrogens with zero attached hydrogens (tertiary/aromatic N) is 1. The largest absolute Gasteiger partial charge is 0.380 e. The highest BCUT2D eigenvalue weighted by molar-refractivity contribution is 9.10. The first-order chi connectivity index (χ1) is 8.11. The Morgan fingerprint density at radius 1 is 1.59 bits per heavy atom. The highest BCUT2D eigenvalue weighted by Gasteiger charge is 2.24. The molecule has 0 fully saturated rings. The van der Waals surface area contributed by atoms with Crippen molar-refractivity contribution in [3.05, 3.63) is 28.2 Å². The molecule has 92 valence electrons. The molecule has 0 unspecified atom stereocenters. The fourth-order valence-corrected chi connectivity index (χ4v) is 2.17. The molecule has 1 aromatic rings. The summed E-state index contributed by atoms with van der Waals surface area (Å²) in [5.41, 5.74) is 1.59. The first-order valence-corrected chi connectivity index (χ1v) is 6.26. The third-order valence-electron chi connectivity index (χ3n) is 2.84. The molecule has 4 nitrogen and oxygen atoms in total. The van der Waals surface area contributed by atoms with Gasteiger partial charge in [0.05, 0.1) is 18.3 Å². The molecule has 5 heteroatoms. The Kier molecular flexibility index (Phi) is 3.69. The van der Waals surface area contributed by atoms with Crippen molar-refractivity contribution >= 4 is 27.5 Å². The summed E-state index contributed by atoms with van der Waals surface area (Å²) in [6, 6.07) is 5.63. The van der Waals surface area contributed by atoms with E-state index in [9.17, 15) is 4.79 Å². The number of fused-ring (bicyclic) bond motifs is 1. The van der Waals surface area contributed by atoms with E-state index in [0.717, 1.165) is 10.2 Å². The quantitative estimate of drug-likeness (QED) is 0.931. The lowest BCUT2D eigenvalue weighted by atomic mass is 10.1. The van der Waals surface area contributed by atoms with Crippen LogP contribution in [0.4, 0.5) is 5.69 Å². The number of hydrogen-bond donors (Lipinski definition) is 1. The van der Waals surface area contributed by atoms with Crippen LogP contribution in [0.1, 0.15) is 17.3 Å². The van der Waals surface area contributed by atoms with E-state index in [-0.39, 0.29) is 12.0 Å². The zero-order chi connectivity index (χ0) is 12.4. The molecule has 1 N–H and O–H groups in total. The predicted molar refractivity (Wildman–Crippen MR) is 70.1 cm³/mol. The van der Waals surface area contributed by atoms with Gasteiger partial charge in [-0.3, -0.25) is 4.79 Å². The van der Waals surface area contributed by atoms with Crippen molar-refractivity contribution < 1.29 is 9.53 Å². The Bertz CT molecular complexity index is 437. The van der Waals surface area contributed by atoms with E-state index >= 15 is 0 Å². The number of benzene rings is 1. The number of anilines is 1. The summed E-state index contributed by atoms with van der Waals surface area (Å²) in [6.07, 6.45) is 0.0396. The normalized spacial score (nSPS) is 16.4. The molecule has 1 heterocycles. The maximum atomic E-state index is 12.2. The number of ether oxygens (including phenoxy) is 1. The van der Waals surface area contributed by atoms with Gasteiger partial charge in [0.15, 0.2) is 0 Å². The molecule has 0 aliphatic carbocycles. The predicted octanol–water partition coefficient (Wildman–Crippen LogP) is 2.31. The standard InChI is InChI=1S/C12H15BrN2O2/c1-8(17-2)6-15-7-14-11-5-9(13)3-4-10(11)12(15)16/h3-5,8,14H,6-7H2,1-2H3/t8-/m1/s1. The van der Waals surface area contributed by atoms with Crippen molar-refractivity contribution in [3.8, 4) is 0 Å². The van der Waals surface area contributed by atoms with Crippen LogP contribution in [0.25, 0.3) is 0 Å². The van der Waals surface area contributed by atoms with E-state index in [1.165, 1.54) is 0 Å². The summed E-state index contributed by atoms with van der Waals surface area (Å²) in [6.45, 7) is 3.07. The van der Waals surface area contributed by atoms with Gasteiger partial charge in [0, 0.05) is 23.8 Å². The zero-order valence-electron chi connectivity index (χ0n) is 9.87. The topological polar surface area (TPSA) is 41.6 Å². The van der Waals surface area contributed by atoms with Gasteiger partial charge in [-0.25, -0.2) is 0 Å². The van der Waals surface area contributed by atoms with E-state index in [1.54, 1.807) is 12.0 Å². The summed E-state index contributed by atoms with van der Waals surface area (Å²) < 4.78 is 6.15. The van der Waals surface area contributed by atoms with Crippen molar-refractivity contribution in [3.63, 3.8) is 0 Å². The molecule has 0 spiro atoms. The van der Waals surface area contributed by atoms with Crippen molar-refractivity contribution in [1.82, 2.24) is 4.90 Å². The van der Waals surface area contributed by atoms with Crippen molar-refractivity contribution in [2.75, 3.05) is 25.6 Å². The van der Waals surface area contributed by atoms with Crippen LogP contribution in [0.5, 0.6) is 0 Å². The van der Waals surface area contributed by atoms with Gasteiger partial charge in [-0.05, 0) is 25.1 Å². The number of carbonyl (C=O) groups is 1. The third-order valence-corrected chi connectivity index (χ3v) is 3.33. The number of rotatable bonds is 3. The molecular formula is C12H15BrN2O2. The smallest absolute Gasteiger partial charge is 0.257 e. The van der Waals surface area contributed by atoms with Gasteiger partial charge in [0.25, 0.3) is 5.91 Å². The van der Waals surface area contributed by atoms with Crippen molar-refractivity contribution in [2.24, 2.45) is 0 Å². The van der Waals surface area contributed by atoms with Gasteiger partial charge < -0.3 is 15.0 Å². The zero-order valence-corrected chi connectivity index (χ0v) is 11.5. The second-order valence-electron chi connectivity index (χ2n) is 4.10. The minimum absolute atomic E-state index is 0.0396. The van der Waals surface area contributed by atoms with E-state index in [2.05, 4.69) is 21.2 Å². The molecule has 0 aromatic heterocycles. The minimum Gasteiger partial charge on any atom is -0.380 e. The molecule has 0 bridgehead atoms. The average Bonchev–Trinajstić information content (AvgIpc) is 2.32. The first kappa shape index (κ1) is 12.4. The van der Waals surface area contributed by atoms with E-state index in [0.29, 0.717) is 18.8 Å². The Balaban J connectivity index is 2.18. The Morgan fingerprint density at radius 2 is 2.35 bits per heavy atom. The number of hydrogen-bond acceptors (Lipinski definition) is 3. The van der Waals surface area contributed by atoms with E-state index in [1.807, 2.05) is 25.1 Å². The summed E-state index contributed by atoms with van der Waals surface area (Å²) in [5.74, 6) is 0.0511. The van der Waals surface area contributed by atoms with Crippen LogP contribution in [-0.2, 0) is 4.74 Å². The third kappa shape index (κ3) is 2.61. The van der Waals surface area contributed by atoms with Crippen LogP contribution in [-0.4, -0.2) is 37.2 Å². The van der Waals surface area contributed by atoms with Crippen LogP contribution in [0.3, 0.4) is 0 Å². The van der Waals surface area contributed by atoms with Gasteiger partial charge in [0.1, 0.15) is 0 Å². The SMILES string of the molecule is CO[C@H](C)CN1CNc2cc(Br)ccc2C1=O. The van der Waals surface area contributed by atoms with E-state index in [4.69, 9.17) is 4.74 Å². The highest BCUT2D eigenvalue weighted by atomic mass is 79.9. The number of methoxy groups -OCH3 is 1. The molecule has 0 radical (unpaired) electrons. The van der Waals surface area contributed by atoms with Crippen molar-refractivity contribution in [1.29, 1.82) is 0 Å². The number of halogens is 1. The minimum atomic E-state index is 0.0396. The van der Waals surface area contributed by atoms with Crippen molar-refractivity contribution in [2.45, 2.75) is 13.0 Å². The monoisotopic (exact) mass is 298 g/mol. The Morgan fingerprint density at radius 3 is 3.06 bits per heavy atom. The van der Waals surface area contributed by atoms with Crippen LogP contribution >= 0.6 is 15.9 Å². The lowest BCUT2D eigenvalue weighted by Gasteiger charge is -2.31. The highest BCUT2D eigenvalue weighted by Crippen LogP contribution is 2.25. The Labute approximate surface area is 109 Å². The molecule has 17 heavy (non-hydrogen) atoms. The number of nitrogens with one attached hydrogen (secondary N) is 1. The van der Waals surface area contributed by atoms with Crippen LogP contribution in [0.15, 0.2) is 22.7 Å².